The fourth-order valence-electron chi connectivity index (χ4n) is 4.39. The van der Waals surface area contributed by atoms with Gasteiger partial charge in [-0.15, -0.1) is 0 Å². The van der Waals surface area contributed by atoms with Crippen LogP contribution in [-0.4, -0.2) is 38.4 Å². The highest BCUT2D eigenvalue weighted by Gasteiger charge is 2.71. The average molecular weight is 478 g/mol. The second-order valence-corrected chi connectivity index (χ2v) is 9.48. The number of aromatic nitrogens is 3. The second-order valence-electron chi connectivity index (χ2n) is 8.10. The molecule has 2 aromatic heterocycles. The van der Waals surface area contributed by atoms with Gasteiger partial charge in [0.2, 0.25) is 5.88 Å². The van der Waals surface area contributed by atoms with Crippen molar-refractivity contribution in [3.8, 4) is 5.88 Å². The summed E-state index contributed by atoms with van der Waals surface area (Å²) in [6, 6.07) is 3.93. The van der Waals surface area contributed by atoms with Crippen LogP contribution in [0.3, 0.4) is 0 Å². The van der Waals surface area contributed by atoms with Crippen molar-refractivity contribution in [3.63, 3.8) is 0 Å². The smallest absolute Gasteiger partial charge is 0.253 e. The molecule has 1 aliphatic heterocycles. The summed E-state index contributed by atoms with van der Waals surface area (Å²) in [7, 11) is 1.46. The molecule has 3 N–H and O–H groups in total. The number of pyridine rings is 1. The highest BCUT2D eigenvalue weighted by Crippen LogP contribution is 2.68. The van der Waals surface area contributed by atoms with E-state index in [4.69, 9.17) is 10.5 Å². The van der Waals surface area contributed by atoms with Gasteiger partial charge in [-0.3, -0.25) is 4.99 Å². The number of nitrogens with two attached hydrogens (primary N) is 1. The number of halogens is 4. The maximum Gasteiger partial charge on any atom is 0.253 e. The highest BCUT2D eigenvalue weighted by atomic mass is 32.2. The van der Waals surface area contributed by atoms with Crippen LogP contribution in [0.25, 0.3) is 11.0 Å². The molecule has 0 radical (unpaired) electrons. The number of nitrogens with zero attached hydrogens (tertiary/aromatic N) is 4. The van der Waals surface area contributed by atoms with Crippen molar-refractivity contribution in [2.24, 2.45) is 16.6 Å². The lowest BCUT2D eigenvalue weighted by atomic mass is 9.85. The predicted molar refractivity (Wildman–Crippen MR) is 117 cm³/mol. The Morgan fingerprint density at radius 2 is 2.06 bits per heavy atom. The number of rotatable bonds is 5. The molecule has 7 nitrogen and oxygen atoms in total. The Hall–Kier alpha value is -3.15. The predicted octanol–water partition coefficient (Wildman–Crippen LogP) is 4.36. The lowest BCUT2D eigenvalue weighted by Crippen LogP contribution is -2.39. The minimum absolute atomic E-state index is 0.0790. The number of alkyl halides is 2. The fraction of sp³-hybridized carbons (Fsp3) is 0.333. The molecule has 1 aromatic carbocycles. The molecule has 3 atom stereocenters. The molecule has 172 valence electrons. The fourth-order valence-corrected chi connectivity index (χ4v) is 5.73. The number of hydrogen-bond donors (Lipinski definition) is 2. The Morgan fingerprint density at radius 1 is 1.27 bits per heavy atom. The van der Waals surface area contributed by atoms with E-state index in [9.17, 15) is 17.6 Å². The quantitative estimate of drug-likeness (QED) is 0.526. The first-order valence-corrected chi connectivity index (χ1v) is 10.7. The molecule has 1 fully saturated rings. The molecule has 3 heterocycles. The third-order valence-corrected chi connectivity index (χ3v) is 7.43. The SMILES string of the molecule is COc1cnc2c(Nc3cc(F)c(F)c([C@@]4(C)N=C(N)S[C@@]5(C(F)F)CC54)c3)nccc2n1. The minimum Gasteiger partial charge on any atom is -0.480 e. The van der Waals surface area contributed by atoms with E-state index >= 15 is 0 Å². The molecule has 0 amide bonds. The van der Waals surface area contributed by atoms with Crippen LogP contribution in [0.5, 0.6) is 5.88 Å². The van der Waals surface area contributed by atoms with Crippen molar-refractivity contribution in [3.05, 3.63) is 47.8 Å². The summed E-state index contributed by atoms with van der Waals surface area (Å²) in [6.45, 7) is 1.50. The molecular formula is C21H18F4N6OS. The number of methoxy groups -OCH3 is 1. The van der Waals surface area contributed by atoms with Gasteiger partial charge in [0.15, 0.2) is 22.6 Å². The Labute approximate surface area is 189 Å². The van der Waals surface area contributed by atoms with Crippen LogP contribution in [0.2, 0.25) is 0 Å². The molecule has 1 unspecified atom stereocenters. The molecule has 5 rings (SSSR count). The molecule has 0 saturated heterocycles. The van der Waals surface area contributed by atoms with Crippen molar-refractivity contribution in [2.75, 3.05) is 12.4 Å². The first kappa shape index (κ1) is 21.7. The van der Waals surface area contributed by atoms with Crippen LogP contribution in [0.1, 0.15) is 18.9 Å². The maximum absolute atomic E-state index is 15.0. The first-order chi connectivity index (χ1) is 15.7. The monoisotopic (exact) mass is 478 g/mol. The van der Waals surface area contributed by atoms with Crippen LogP contribution in [0.4, 0.5) is 29.1 Å². The van der Waals surface area contributed by atoms with Crippen LogP contribution in [-0.2, 0) is 5.54 Å². The van der Waals surface area contributed by atoms with Crippen LogP contribution in [0, 0.1) is 17.6 Å². The first-order valence-electron chi connectivity index (χ1n) is 9.92. The molecule has 2 aliphatic rings. The van der Waals surface area contributed by atoms with E-state index in [-0.39, 0.29) is 28.7 Å². The molecule has 0 spiro atoms. The van der Waals surface area contributed by atoms with E-state index in [1.807, 2.05) is 0 Å². The summed E-state index contributed by atoms with van der Waals surface area (Å²) in [5.41, 5.74) is 5.23. The summed E-state index contributed by atoms with van der Waals surface area (Å²) in [6.07, 6.45) is 0.300. The number of nitrogens with one attached hydrogen (secondary N) is 1. The summed E-state index contributed by atoms with van der Waals surface area (Å²) in [5.74, 6) is -2.45. The molecule has 1 aliphatic carbocycles. The summed E-state index contributed by atoms with van der Waals surface area (Å²) >= 11 is 0.800. The van der Waals surface area contributed by atoms with Gasteiger partial charge in [0.25, 0.3) is 6.43 Å². The van der Waals surface area contributed by atoms with E-state index < -0.39 is 34.3 Å². The summed E-state index contributed by atoms with van der Waals surface area (Å²) in [4.78, 5) is 17.0. The number of ether oxygens (including phenoxy) is 1. The van der Waals surface area contributed by atoms with Crippen molar-refractivity contribution in [1.82, 2.24) is 15.0 Å². The standard InChI is InChI=1S/C21H18F4N6OS/c1-20(13-7-21(13,18(24)25)33-19(26)31-20)10-5-9(6-11(22)15(10)23)29-17-16-12(3-4-27-17)30-14(32-2)8-28-16/h3-6,8,13,18H,7H2,1-2H3,(H2,26,31)(H,27,29)/t13?,20-,21+/m1/s1. The third kappa shape index (κ3) is 3.35. The summed E-state index contributed by atoms with van der Waals surface area (Å²) < 4.78 is 60.8. The number of fused-ring (bicyclic) bond motifs is 2. The number of anilines is 2. The number of amidine groups is 1. The molecule has 0 bridgehead atoms. The number of thioether (sulfide) groups is 1. The minimum atomic E-state index is -2.68. The van der Waals surface area contributed by atoms with Crippen LogP contribution < -0.4 is 15.8 Å². The Kier molecular flexibility index (Phi) is 4.89. The molecule has 33 heavy (non-hydrogen) atoms. The van der Waals surface area contributed by atoms with Gasteiger partial charge in [-0.25, -0.2) is 32.5 Å². The maximum atomic E-state index is 15.0. The van der Waals surface area contributed by atoms with Gasteiger partial charge in [-0.05, 0) is 25.5 Å². The van der Waals surface area contributed by atoms with Crippen LogP contribution >= 0.6 is 11.8 Å². The lowest BCUT2D eigenvalue weighted by molar-refractivity contribution is 0.123. The van der Waals surface area contributed by atoms with Crippen molar-refractivity contribution in [2.45, 2.75) is 30.1 Å². The van der Waals surface area contributed by atoms with Gasteiger partial charge in [0.1, 0.15) is 5.52 Å². The van der Waals surface area contributed by atoms with E-state index in [0.29, 0.717) is 16.9 Å². The van der Waals surface area contributed by atoms with Gasteiger partial charge >= 0.3 is 0 Å². The zero-order valence-corrected chi connectivity index (χ0v) is 18.3. The number of hydrogen-bond acceptors (Lipinski definition) is 8. The van der Waals surface area contributed by atoms with E-state index in [0.717, 1.165) is 17.8 Å². The van der Waals surface area contributed by atoms with Gasteiger partial charge in [-0.2, -0.15) is 0 Å². The normalized spacial score (nSPS) is 26.2. The van der Waals surface area contributed by atoms with Crippen molar-refractivity contribution >= 4 is 39.5 Å². The van der Waals surface area contributed by atoms with Gasteiger partial charge in [0.05, 0.1) is 29.1 Å². The van der Waals surface area contributed by atoms with E-state index in [1.165, 1.54) is 32.5 Å². The largest absolute Gasteiger partial charge is 0.480 e. The molecular weight excluding hydrogens is 460 g/mol. The Morgan fingerprint density at radius 3 is 2.79 bits per heavy atom. The molecule has 12 heteroatoms. The Bertz CT molecular complexity index is 1310. The van der Waals surface area contributed by atoms with Gasteiger partial charge in [0, 0.05) is 29.4 Å². The van der Waals surface area contributed by atoms with Crippen molar-refractivity contribution < 1.29 is 22.3 Å². The Balaban J connectivity index is 1.57. The molecule has 1 saturated carbocycles. The highest BCUT2D eigenvalue weighted by molar-refractivity contribution is 8.15. The van der Waals surface area contributed by atoms with Crippen LogP contribution in [0.15, 0.2) is 35.6 Å². The van der Waals surface area contributed by atoms with E-state index in [1.54, 1.807) is 6.07 Å². The van der Waals surface area contributed by atoms with E-state index in [2.05, 4.69) is 25.3 Å². The molecule has 3 aromatic rings. The number of aliphatic imine (C=N–C) groups is 1. The lowest BCUT2D eigenvalue weighted by Gasteiger charge is -2.34. The van der Waals surface area contributed by atoms with Gasteiger partial charge < -0.3 is 15.8 Å². The summed E-state index contributed by atoms with van der Waals surface area (Å²) in [5, 5.41) is 2.85. The topological polar surface area (TPSA) is 98.3 Å². The third-order valence-electron chi connectivity index (χ3n) is 6.12. The van der Waals surface area contributed by atoms with Gasteiger partial charge in [-0.1, -0.05) is 11.8 Å². The second kappa shape index (κ2) is 7.44. The number of benzene rings is 1. The van der Waals surface area contributed by atoms with Crippen molar-refractivity contribution in [1.29, 1.82) is 0 Å². The zero-order chi connectivity index (χ0) is 23.5. The zero-order valence-electron chi connectivity index (χ0n) is 17.4. The average Bonchev–Trinajstić information content (AvgIpc) is 3.53.